The zero-order valence-electron chi connectivity index (χ0n) is 11.7. The lowest BCUT2D eigenvalue weighted by atomic mass is 10.1. The van der Waals surface area contributed by atoms with Crippen molar-refractivity contribution in [3.8, 4) is 5.75 Å². The fourth-order valence-electron chi connectivity index (χ4n) is 1.51. The number of ether oxygens (including phenoxy) is 1. The van der Waals surface area contributed by atoms with E-state index in [0.717, 1.165) is 6.42 Å². The topological polar surface area (TPSA) is 55.4 Å². The van der Waals surface area contributed by atoms with E-state index >= 15 is 0 Å². The van der Waals surface area contributed by atoms with Crippen molar-refractivity contribution in [2.75, 3.05) is 6.61 Å². The zero-order chi connectivity index (χ0) is 14.3. The van der Waals surface area contributed by atoms with Crippen molar-refractivity contribution < 1.29 is 14.3 Å². The summed E-state index contributed by atoms with van der Waals surface area (Å²) in [6.45, 7) is 5.77. The van der Waals surface area contributed by atoms with E-state index in [1.807, 2.05) is 20.8 Å². The van der Waals surface area contributed by atoms with Crippen LogP contribution >= 0.6 is 0 Å². The summed E-state index contributed by atoms with van der Waals surface area (Å²) in [5.41, 5.74) is 0.666. The third-order valence-corrected chi connectivity index (χ3v) is 2.89. The smallest absolute Gasteiger partial charge is 0.258 e. The highest BCUT2D eigenvalue weighted by atomic mass is 16.5. The summed E-state index contributed by atoms with van der Waals surface area (Å²) in [7, 11) is 0. The van der Waals surface area contributed by atoms with E-state index in [2.05, 4.69) is 5.32 Å². The van der Waals surface area contributed by atoms with Gasteiger partial charge in [-0.25, -0.2) is 0 Å². The minimum Gasteiger partial charge on any atom is -0.484 e. The predicted octanol–water partition coefficient (Wildman–Crippen LogP) is 2.57. The molecular weight excluding hydrogens is 242 g/mol. The number of ketones is 1. The fourth-order valence-corrected chi connectivity index (χ4v) is 1.51. The summed E-state index contributed by atoms with van der Waals surface area (Å²) in [5.74, 6) is 0.552. The quantitative estimate of drug-likeness (QED) is 0.769. The maximum absolute atomic E-state index is 11.5. The number of rotatable bonds is 7. The fraction of sp³-hybridized carbons (Fsp3) is 0.467. The molecule has 1 rings (SSSR count). The Labute approximate surface area is 114 Å². The molecule has 1 atom stereocenters. The first-order valence-electron chi connectivity index (χ1n) is 6.62. The summed E-state index contributed by atoms with van der Waals surface area (Å²) in [4.78, 5) is 23.0. The van der Waals surface area contributed by atoms with E-state index in [1.165, 1.54) is 0 Å². The average molecular weight is 263 g/mol. The molecule has 4 nitrogen and oxygen atoms in total. The summed E-state index contributed by atoms with van der Waals surface area (Å²) in [6.07, 6.45) is 1.37. The Morgan fingerprint density at radius 3 is 2.37 bits per heavy atom. The molecule has 0 aromatic heterocycles. The van der Waals surface area contributed by atoms with E-state index in [1.54, 1.807) is 24.3 Å². The standard InChI is InChI=1S/C15H21NO3/c1-4-11(3)16-15(18)10-19-13-8-6-12(7-9-13)14(17)5-2/h6-9,11H,4-5,10H2,1-3H3,(H,16,18). The van der Waals surface area contributed by atoms with Gasteiger partial charge in [0.1, 0.15) is 5.75 Å². The van der Waals surface area contributed by atoms with Crippen LogP contribution in [0.1, 0.15) is 44.0 Å². The van der Waals surface area contributed by atoms with Gasteiger partial charge < -0.3 is 10.1 Å². The van der Waals surface area contributed by atoms with Crippen molar-refractivity contribution in [2.45, 2.75) is 39.7 Å². The van der Waals surface area contributed by atoms with Crippen LogP contribution in [-0.4, -0.2) is 24.3 Å². The third-order valence-electron chi connectivity index (χ3n) is 2.89. The average Bonchev–Trinajstić information content (AvgIpc) is 2.44. The lowest BCUT2D eigenvalue weighted by molar-refractivity contribution is -0.123. The lowest BCUT2D eigenvalue weighted by Crippen LogP contribution is -2.35. The van der Waals surface area contributed by atoms with Gasteiger partial charge >= 0.3 is 0 Å². The first-order chi connectivity index (χ1) is 9.06. The summed E-state index contributed by atoms with van der Waals surface area (Å²) in [6, 6.07) is 7.00. The Morgan fingerprint density at radius 2 is 1.84 bits per heavy atom. The number of benzene rings is 1. The van der Waals surface area contributed by atoms with Crippen LogP contribution in [0, 0.1) is 0 Å². The number of hydrogen-bond acceptors (Lipinski definition) is 3. The minimum absolute atomic E-state index is 0.00852. The van der Waals surface area contributed by atoms with Gasteiger partial charge in [0.2, 0.25) is 0 Å². The SMILES string of the molecule is CCC(=O)c1ccc(OCC(=O)NC(C)CC)cc1. The Kier molecular flexibility index (Phi) is 6.06. The zero-order valence-corrected chi connectivity index (χ0v) is 11.7. The van der Waals surface area contributed by atoms with Gasteiger partial charge in [0, 0.05) is 18.0 Å². The Hall–Kier alpha value is -1.84. The maximum Gasteiger partial charge on any atom is 0.258 e. The van der Waals surface area contributed by atoms with E-state index in [9.17, 15) is 9.59 Å². The number of Topliss-reactive ketones (excluding diaryl/α,β-unsaturated/α-hetero) is 1. The highest BCUT2D eigenvalue weighted by Gasteiger charge is 2.07. The molecule has 0 aliphatic heterocycles. The van der Waals surface area contributed by atoms with Crippen LogP contribution in [0.15, 0.2) is 24.3 Å². The number of amides is 1. The van der Waals surface area contributed by atoms with Gasteiger partial charge in [-0.3, -0.25) is 9.59 Å². The second-order valence-corrected chi connectivity index (χ2v) is 4.47. The molecular formula is C15H21NO3. The predicted molar refractivity (Wildman–Crippen MR) is 74.5 cm³/mol. The number of nitrogens with one attached hydrogen (secondary N) is 1. The van der Waals surface area contributed by atoms with Crippen molar-refractivity contribution in [1.82, 2.24) is 5.32 Å². The Bertz CT molecular complexity index is 426. The van der Waals surface area contributed by atoms with Gasteiger partial charge in [0.05, 0.1) is 0 Å². The van der Waals surface area contributed by atoms with E-state index in [0.29, 0.717) is 17.7 Å². The van der Waals surface area contributed by atoms with Gasteiger partial charge in [-0.15, -0.1) is 0 Å². The Balaban J connectivity index is 2.46. The van der Waals surface area contributed by atoms with Gasteiger partial charge in [-0.05, 0) is 37.6 Å². The molecule has 0 bridgehead atoms. The number of carbonyl (C=O) groups is 2. The van der Waals surface area contributed by atoms with Crippen LogP contribution in [-0.2, 0) is 4.79 Å². The van der Waals surface area contributed by atoms with Gasteiger partial charge in [-0.1, -0.05) is 13.8 Å². The van der Waals surface area contributed by atoms with Gasteiger partial charge in [0.15, 0.2) is 12.4 Å². The maximum atomic E-state index is 11.5. The molecule has 19 heavy (non-hydrogen) atoms. The van der Waals surface area contributed by atoms with Crippen LogP contribution in [0.2, 0.25) is 0 Å². The van der Waals surface area contributed by atoms with E-state index in [-0.39, 0.29) is 24.3 Å². The second-order valence-electron chi connectivity index (χ2n) is 4.47. The largest absolute Gasteiger partial charge is 0.484 e. The molecule has 1 unspecified atom stereocenters. The van der Waals surface area contributed by atoms with Crippen molar-refractivity contribution in [3.05, 3.63) is 29.8 Å². The number of carbonyl (C=O) groups excluding carboxylic acids is 2. The third kappa shape index (κ3) is 5.12. The van der Waals surface area contributed by atoms with Gasteiger partial charge in [0.25, 0.3) is 5.91 Å². The van der Waals surface area contributed by atoms with Crippen molar-refractivity contribution in [2.24, 2.45) is 0 Å². The molecule has 0 radical (unpaired) electrons. The van der Waals surface area contributed by atoms with Crippen LogP contribution in [0.4, 0.5) is 0 Å². The minimum atomic E-state index is -0.136. The summed E-state index contributed by atoms with van der Waals surface area (Å²) >= 11 is 0. The number of hydrogen-bond donors (Lipinski definition) is 1. The Morgan fingerprint density at radius 1 is 1.21 bits per heavy atom. The molecule has 0 heterocycles. The molecule has 0 aliphatic carbocycles. The van der Waals surface area contributed by atoms with Crippen molar-refractivity contribution >= 4 is 11.7 Å². The second kappa shape index (κ2) is 7.56. The van der Waals surface area contributed by atoms with E-state index < -0.39 is 0 Å². The van der Waals surface area contributed by atoms with E-state index in [4.69, 9.17) is 4.74 Å². The normalized spacial score (nSPS) is 11.7. The van der Waals surface area contributed by atoms with Crippen LogP contribution < -0.4 is 10.1 Å². The molecule has 1 aromatic carbocycles. The summed E-state index contributed by atoms with van der Waals surface area (Å²) in [5, 5.41) is 2.82. The molecule has 4 heteroatoms. The highest BCUT2D eigenvalue weighted by molar-refractivity contribution is 5.95. The first-order valence-corrected chi connectivity index (χ1v) is 6.62. The molecule has 0 aliphatic rings. The molecule has 0 spiro atoms. The highest BCUT2D eigenvalue weighted by Crippen LogP contribution is 2.13. The van der Waals surface area contributed by atoms with Crippen LogP contribution in [0.3, 0.4) is 0 Å². The van der Waals surface area contributed by atoms with Crippen molar-refractivity contribution in [3.63, 3.8) is 0 Å². The first kappa shape index (κ1) is 15.2. The summed E-state index contributed by atoms with van der Waals surface area (Å²) < 4.78 is 5.36. The van der Waals surface area contributed by atoms with Crippen LogP contribution in [0.5, 0.6) is 5.75 Å². The monoisotopic (exact) mass is 263 g/mol. The molecule has 104 valence electrons. The molecule has 0 saturated heterocycles. The molecule has 1 amide bonds. The van der Waals surface area contributed by atoms with Gasteiger partial charge in [-0.2, -0.15) is 0 Å². The lowest BCUT2D eigenvalue weighted by Gasteiger charge is -2.12. The van der Waals surface area contributed by atoms with Crippen molar-refractivity contribution in [1.29, 1.82) is 0 Å². The molecule has 1 N–H and O–H groups in total. The molecule has 0 saturated carbocycles. The molecule has 1 aromatic rings. The molecule has 0 fully saturated rings. The van der Waals surface area contributed by atoms with Crippen LogP contribution in [0.25, 0.3) is 0 Å².